The summed E-state index contributed by atoms with van der Waals surface area (Å²) in [5, 5.41) is 0.604. The van der Waals surface area contributed by atoms with Crippen molar-refractivity contribution in [2.24, 2.45) is 0 Å². The zero-order valence-electron chi connectivity index (χ0n) is 16.1. The van der Waals surface area contributed by atoms with E-state index in [4.69, 9.17) is 21.1 Å². The van der Waals surface area contributed by atoms with Crippen LogP contribution in [0.2, 0.25) is 5.02 Å². The Morgan fingerprint density at radius 3 is 2.39 bits per heavy atom. The van der Waals surface area contributed by atoms with Gasteiger partial charge in [-0.3, -0.25) is 4.79 Å². The van der Waals surface area contributed by atoms with E-state index in [9.17, 15) is 9.59 Å². The molecule has 0 spiro atoms. The van der Waals surface area contributed by atoms with E-state index in [-0.39, 0.29) is 19.0 Å². The number of carbonyl (C=O) groups excluding carboxylic acids is 2. The third kappa shape index (κ3) is 5.59. The Labute approximate surface area is 170 Å². The molecule has 0 radical (unpaired) electrons. The molecule has 1 aliphatic rings. The van der Waals surface area contributed by atoms with Crippen LogP contribution >= 0.6 is 11.6 Å². The molecule has 0 N–H and O–H groups in total. The minimum Gasteiger partial charge on any atom is -0.482 e. The van der Waals surface area contributed by atoms with Crippen molar-refractivity contribution in [2.45, 2.75) is 44.9 Å². The predicted molar refractivity (Wildman–Crippen MR) is 109 cm³/mol. The lowest BCUT2D eigenvalue weighted by atomic mass is 9.84. The smallest absolute Gasteiger partial charge is 0.344 e. The van der Waals surface area contributed by atoms with E-state index in [1.807, 2.05) is 31.2 Å². The molecule has 148 valence electrons. The summed E-state index contributed by atoms with van der Waals surface area (Å²) >= 11 is 5.89. The van der Waals surface area contributed by atoms with Gasteiger partial charge in [-0.15, -0.1) is 0 Å². The van der Waals surface area contributed by atoms with Crippen molar-refractivity contribution in [3.05, 3.63) is 64.2 Å². The second kappa shape index (κ2) is 9.74. The van der Waals surface area contributed by atoms with Crippen LogP contribution in [0.5, 0.6) is 5.75 Å². The summed E-state index contributed by atoms with van der Waals surface area (Å²) in [4.78, 5) is 24.1. The van der Waals surface area contributed by atoms with Crippen LogP contribution < -0.4 is 4.74 Å². The second-order valence-electron chi connectivity index (χ2n) is 7.24. The normalized spacial score (nSPS) is 14.5. The van der Waals surface area contributed by atoms with E-state index >= 15 is 0 Å². The Bertz CT molecular complexity index is 823. The molecule has 4 nitrogen and oxygen atoms in total. The molecule has 1 saturated carbocycles. The maximum Gasteiger partial charge on any atom is 0.344 e. The van der Waals surface area contributed by atoms with Gasteiger partial charge >= 0.3 is 5.97 Å². The summed E-state index contributed by atoms with van der Waals surface area (Å²) in [5.74, 6) is 0.364. The molecule has 0 aromatic heterocycles. The van der Waals surface area contributed by atoms with Gasteiger partial charge in [0.05, 0.1) is 0 Å². The van der Waals surface area contributed by atoms with Crippen LogP contribution in [-0.4, -0.2) is 25.0 Å². The molecule has 28 heavy (non-hydrogen) atoms. The van der Waals surface area contributed by atoms with Gasteiger partial charge in [-0.05, 0) is 55.0 Å². The second-order valence-corrected chi connectivity index (χ2v) is 7.68. The zero-order valence-corrected chi connectivity index (χ0v) is 16.8. The SMILES string of the molecule is Cc1cc(Cl)ccc1OCC(=O)OCC(=O)c1ccc(C2CCCCC2)cc1. The molecule has 0 unspecified atom stereocenters. The molecular formula is C23H25ClO4. The monoisotopic (exact) mass is 400 g/mol. The van der Waals surface area contributed by atoms with Gasteiger partial charge < -0.3 is 9.47 Å². The number of carbonyl (C=O) groups is 2. The number of halogens is 1. The van der Waals surface area contributed by atoms with Crippen molar-refractivity contribution >= 4 is 23.4 Å². The topological polar surface area (TPSA) is 52.6 Å². The maximum atomic E-state index is 12.3. The molecule has 0 atom stereocenters. The number of hydrogen-bond acceptors (Lipinski definition) is 4. The minimum absolute atomic E-state index is 0.216. The first-order chi connectivity index (χ1) is 13.5. The van der Waals surface area contributed by atoms with Crippen molar-refractivity contribution in [1.82, 2.24) is 0 Å². The predicted octanol–water partition coefficient (Wildman–Crippen LogP) is 5.50. The number of Topliss-reactive ketones (excluding diaryl/α,β-unsaturated/α-hetero) is 1. The first-order valence-electron chi connectivity index (χ1n) is 9.70. The van der Waals surface area contributed by atoms with Crippen molar-refractivity contribution in [1.29, 1.82) is 0 Å². The summed E-state index contributed by atoms with van der Waals surface area (Å²) in [6.45, 7) is 1.30. The lowest BCUT2D eigenvalue weighted by Gasteiger charge is -2.22. The largest absolute Gasteiger partial charge is 0.482 e. The summed E-state index contributed by atoms with van der Waals surface area (Å²) in [6.07, 6.45) is 6.31. The molecule has 2 aromatic carbocycles. The van der Waals surface area contributed by atoms with Gasteiger partial charge in [-0.2, -0.15) is 0 Å². The molecule has 3 rings (SSSR count). The van der Waals surface area contributed by atoms with Gasteiger partial charge in [0.25, 0.3) is 0 Å². The molecule has 0 amide bonds. The highest BCUT2D eigenvalue weighted by Gasteiger charge is 2.16. The van der Waals surface area contributed by atoms with E-state index in [0.717, 1.165) is 5.56 Å². The van der Waals surface area contributed by atoms with Crippen molar-refractivity contribution in [3.8, 4) is 5.75 Å². The van der Waals surface area contributed by atoms with Gasteiger partial charge in [0.15, 0.2) is 19.0 Å². The third-order valence-corrected chi connectivity index (χ3v) is 5.39. The third-order valence-electron chi connectivity index (χ3n) is 5.16. The van der Waals surface area contributed by atoms with E-state index in [0.29, 0.717) is 22.3 Å². The molecule has 1 fully saturated rings. The van der Waals surface area contributed by atoms with Crippen molar-refractivity contribution < 1.29 is 19.1 Å². The average Bonchev–Trinajstić information content (AvgIpc) is 2.72. The molecule has 5 heteroatoms. The Morgan fingerprint density at radius 1 is 1.00 bits per heavy atom. The quantitative estimate of drug-likeness (QED) is 0.454. The van der Waals surface area contributed by atoms with Crippen LogP contribution in [-0.2, 0) is 9.53 Å². The average molecular weight is 401 g/mol. The highest BCUT2D eigenvalue weighted by molar-refractivity contribution is 6.30. The van der Waals surface area contributed by atoms with Crippen LogP contribution in [0.4, 0.5) is 0 Å². The van der Waals surface area contributed by atoms with Gasteiger partial charge in [0.1, 0.15) is 5.75 Å². The molecule has 0 heterocycles. The van der Waals surface area contributed by atoms with Gasteiger partial charge in [0, 0.05) is 10.6 Å². The fraction of sp³-hybridized carbons (Fsp3) is 0.391. The molecule has 1 aliphatic carbocycles. The summed E-state index contributed by atoms with van der Waals surface area (Å²) < 4.78 is 10.5. The number of rotatable bonds is 7. The van der Waals surface area contributed by atoms with Crippen molar-refractivity contribution in [2.75, 3.05) is 13.2 Å². The molecule has 0 bridgehead atoms. The fourth-order valence-corrected chi connectivity index (χ4v) is 3.79. The summed E-state index contributed by atoms with van der Waals surface area (Å²) in [6, 6.07) is 12.8. The minimum atomic E-state index is -0.582. The molecule has 0 saturated heterocycles. The zero-order chi connectivity index (χ0) is 19.9. The fourth-order valence-electron chi connectivity index (χ4n) is 3.56. The van der Waals surface area contributed by atoms with E-state index in [2.05, 4.69) is 0 Å². The van der Waals surface area contributed by atoms with Crippen LogP contribution in [0.1, 0.15) is 59.5 Å². The Morgan fingerprint density at radius 2 is 1.71 bits per heavy atom. The number of ketones is 1. The lowest BCUT2D eigenvalue weighted by Crippen LogP contribution is -2.19. The standard InChI is InChI=1S/C23H25ClO4/c1-16-13-20(24)11-12-22(16)27-15-23(26)28-14-21(25)19-9-7-18(8-10-19)17-5-3-2-4-6-17/h7-13,17H,2-6,14-15H2,1H3. The molecular weight excluding hydrogens is 376 g/mol. The van der Waals surface area contributed by atoms with Crippen LogP contribution in [0, 0.1) is 6.92 Å². The summed E-state index contributed by atoms with van der Waals surface area (Å²) in [7, 11) is 0. The molecule has 0 aliphatic heterocycles. The maximum absolute atomic E-state index is 12.3. The van der Waals surface area contributed by atoms with E-state index in [1.165, 1.54) is 37.7 Å². The van der Waals surface area contributed by atoms with Gasteiger partial charge in [-0.25, -0.2) is 4.79 Å². The first kappa shape index (κ1) is 20.4. The van der Waals surface area contributed by atoms with E-state index in [1.54, 1.807) is 18.2 Å². The lowest BCUT2D eigenvalue weighted by molar-refractivity contribution is -0.144. The van der Waals surface area contributed by atoms with E-state index < -0.39 is 5.97 Å². The number of aryl methyl sites for hydroxylation is 1. The van der Waals surface area contributed by atoms with Crippen LogP contribution in [0.15, 0.2) is 42.5 Å². The van der Waals surface area contributed by atoms with Crippen molar-refractivity contribution in [3.63, 3.8) is 0 Å². The van der Waals surface area contributed by atoms with Crippen LogP contribution in [0.25, 0.3) is 0 Å². The number of hydrogen-bond donors (Lipinski definition) is 0. The Kier molecular flexibility index (Phi) is 7.10. The number of ether oxygens (including phenoxy) is 2. The van der Waals surface area contributed by atoms with Gasteiger partial charge in [0.2, 0.25) is 0 Å². The Hall–Kier alpha value is -2.33. The highest BCUT2D eigenvalue weighted by atomic mass is 35.5. The highest BCUT2D eigenvalue weighted by Crippen LogP contribution is 2.32. The molecule has 2 aromatic rings. The van der Waals surface area contributed by atoms with Gasteiger partial charge in [-0.1, -0.05) is 55.1 Å². The summed E-state index contributed by atoms with van der Waals surface area (Å²) in [5.41, 5.74) is 2.68. The van der Waals surface area contributed by atoms with Crippen LogP contribution in [0.3, 0.4) is 0 Å². The Balaban J connectivity index is 1.45. The number of esters is 1. The number of benzene rings is 2. The first-order valence-corrected chi connectivity index (χ1v) is 10.1.